The monoisotopic (exact) mass is 384 g/mol. The van der Waals surface area contributed by atoms with Crippen LogP contribution in [-0.2, 0) is 16.1 Å². The molecule has 0 unspecified atom stereocenters. The van der Waals surface area contributed by atoms with Crippen molar-refractivity contribution in [1.29, 1.82) is 0 Å². The number of benzene rings is 2. The average Bonchev–Trinajstić information content (AvgIpc) is 2.67. The molecule has 0 aliphatic rings. The van der Waals surface area contributed by atoms with E-state index in [1.807, 2.05) is 63.2 Å². The van der Waals surface area contributed by atoms with Crippen LogP contribution in [0.15, 0.2) is 53.4 Å². The summed E-state index contributed by atoms with van der Waals surface area (Å²) in [4.78, 5) is 28.1. The maximum Gasteiger partial charge on any atom is 0.242 e. The number of carbonyl (C=O) groups is 2. The number of likely N-dealkylation sites (N-methyl/N-ethyl adjacent to an activating group) is 1. The van der Waals surface area contributed by atoms with Gasteiger partial charge in [-0.1, -0.05) is 54.4 Å². The van der Waals surface area contributed by atoms with Crippen LogP contribution < -0.4 is 5.32 Å². The summed E-state index contributed by atoms with van der Waals surface area (Å²) in [6, 6.07) is 15.7. The molecule has 144 valence electrons. The third-order valence-electron chi connectivity index (χ3n) is 4.45. The second kappa shape index (κ2) is 10.2. The molecule has 0 fully saturated rings. The van der Waals surface area contributed by atoms with Crippen LogP contribution in [0.25, 0.3) is 0 Å². The van der Waals surface area contributed by atoms with Crippen molar-refractivity contribution in [2.75, 3.05) is 12.8 Å². The van der Waals surface area contributed by atoms with E-state index in [0.29, 0.717) is 18.7 Å². The van der Waals surface area contributed by atoms with Crippen molar-refractivity contribution in [3.63, 3.8) is 0 Å². The molecule has 4 nitrogen and oxygen atoms in total. The van der Waals surface area contributed by atoms with Gasteiger partial charge in [-0.3, -0.25) is 9.59 Å². The van der Waals surface area contributed by atoms with Gasteiger partial charge < -0.3 is 10.2 Å². The quantitative estimate of drug-likeness (QED) is 0.701. The third-order valence-corrected chi connectivity index (χ3v) is 5.45. The normalized spacial score (nSPS) is 11.7. The molecule has 0 saturated carbocycles. The molecule has 2 aromatic carbocycles. The lowest BCUT2D eigenvalue weighted by atomic mass is 10.1. The van der Waals surface area contributed by atoms with E-state index in [9.17, 15) is 9.59 Å². The Morgan fingerprint density at radius 1 is 1.07 bits per heavy atom. The zero-order valence-electron chi connectivity index (χ0n) is 16.5. The molecule has 0 bridgehead atoms. The van der Waals surface area contributed by atoms with Crippen molar-refractivity contribution in [3.05, 3.63) is 65.2 Å². The summed E-state index contributed by atoms with van der Waals surface area (Å²) in [5, 5.41) is 2.69. The number of nitrogens with zero attached hydrogens (tertiary/aromatic N) is 1. The summed E-state index contributed by atoms with van der Waals surface area (Å²) in [5.41, 5.74) is 3.37. The van der Waals surface area contributed by atoms with E-state index >= 15 is 0 Å². The molecule has 0 spiro atoms. The second-order valence-electron chi connectivity index (χ2n) is 6.65. The summed E-state index contributed by atoms with van der Waals surface area (Å²) >= 11 is 1.50. The summed E-state index contributed by atoms with van der Waals surface area (Å²) < 4.78 is 0. The van der Waals surface area contributed by atoms with Gasteiger partial charge in [0.15, 0.2) is 0 Å². The lowest BCUT2D eigenvalue weighted by molar-refractivity contribution is -0.139. The van der Waals surface area contributed by atoms with Gasteiger partial charge in [-0.2, -0.15) is 0 Å². The largest absolute Gasteiger partial charge is 0.357 e. The number of nitrogens with one attached hydrogen (secondary N) is 1. The molecule has 0 heterocycles. The molecule has 1 N–H and O–H groups in total. The number of rotatable bonds is 8. The molecular weight excluding hydrogens is 356 g/mol. The molecule has 2 amide bonds. The van der Waals surface area contributed by atoms with Crippen molar-refractivity contribution in [2.24, 2.45) is 0 Å². The van der Waals surface area contributed by atoms with Gasteiger partial charge in [-0.15, -0.1) is 11.8 Å². The van der Waals surface area contributed by atoms with Crippen molar-refractivity contribution in [1.82, 2.24) is 10.2 Å². The highest BCUT2D eigenvalue weighted by molar-refractivity contribution is 8.00. The van der Waals surface area contributed by atoms with E-state index < -0.39 is 6.04 Å². The van der Waals surface area contributed by atoms with Crippen molar-refractivity contribution in [2.45, 2.75) is 44.7 Å². The summed E-state index contributed by atoms with van der Waals surface area (Å²) in [5.74, 6) is 0.152. The number of amides is 2. The van der Waals surface area contributed by atoms with Gasteiger partial charge >= 0.3 is 0 Å². The highest BCUT2D eigenvalue weighted by Crippen LogP contribution is 2.21. The molecule has 0 aliphatic heterocycles. The smallest absolute Gasteiger partial charge is 0.242 e. The molecule has 0 radical (unpaired) electrons. The molecule has 0 saturated heterocycles. The predicted molar refractivity (Wildman–Crippen MR) is 112 cm³/mol. The summed E-state index contributed by atoms with van der Waals surface area (Å²) in [6.07, 6.45) is 0.576. The Morgan fingerprint density at radius 3 is 2.37 bits per heavy atom. The van der Waals surface area contributed by atoms with Gasteiger partial charge in [0.25, 0.3) is 0 Å². The van der Waals surface area contributed by atoms with E-state index in [1.54, 1.807) is 11.9 Å². The van der Waals surface area contributed by atoms with E-state index in [2.05, 4.69) is 11.4 Å². The minimum Gasteiger partial charge on any atom is -0.357 e. The number of aryl methyl sites for hydroxylation is 2. The second-order valence-corrected chi connectivity index (χ2v) is 7.70. The van der Waals surface area contributed by atoms with Crippen molar-refractivity contribution in [3.8, 4) is 0 Å². The van der Waals surface area contributed by atoms with Crippen molar-refractivity contribution >= 4 is 23.6 Å². The zero-order chi connectivity index (χ0) is 19.8. The first-order valence-corrected chi connectivity index (χ1v) is 10.2. The Kier molecular flexibility index (Phi) is 7.92. The first-order chi connectivity index (χ1) is 12.9. The molecular formula is C22H28N2O2S. The van der Waals surface area contributed by atoms with Crippen LogP contribution in [0.4, 0.5) is 0 Å². The molecule has 0 aliphatic carbocycles. The van der Waals surface area contributed by atoms with Gasteiger partial charge in [-0.05, 0) is 38.0 Å². The number of carbonyl (C=O) groups excluding carboxylic acids is 2. The van der Waals surface area contributed by atoms with Gasteiger partial charge in [-0.25, -0.2) is 0 Å². The Labute approximate surface area is 166 Å². The summed E-state index contributed by atoms with van der Waals surface area (Å²) in [6.45, 7) is 6.43. The maximum absolute atomic E-state index is 13.0. The lowest BCUT2D eigenvalue weighted by Gasteiger charge is -2.30. The molecule has 27 heavy (non-hydrogen) atoms. The minimum absolute atomic E-state index is 0.0301. The molecule has 5 heteroatoms. The van der Waals surface area contributed by atoms with E-state index in [0.717, 1.165) is 16.0 Å². The highest BCUT2D eigenvalue weighted by atomic mass is 32.2. The lowest BCUT2D eigenvalue weighted by Crippen LogP contribution is -2.48. The van der Waals surface area contributed by atoms with Crippen LogP contribution in [0.5, 0.6) is 0 Å². The van der Waals surface area contributed by atoms with Gasteiger partial charge in [0, 0.05) is 18.5 Å². The Bertz CT molecular complexity index is 774. The fourth-order valence-corrected chi connectivity index (χ4v) is 3.74. The fraction of sp³-hybridized carbons (Fsp3) is 0.364. The fourth-order valence-electron chi connectivity index (χ4n) is 2.96. The zero-order valence-corrected chi connectivity index (χ0v) is 17.3. The van der Waals surface area contributed by atoms with Crippen LogP contribution in [-0.4, -0.2) is 35.6 Å². The molecule has 2 rings (SSSR count). The Hall–Kier alpha value is -2.27. The summed E-state index contributed by atoms with van der Waals surface area (Å²) in [7, 11) is 1.61. The van der Waals surface area contributed by atoms with Crippen LogP contribution in [0.2, 0.25) is 0 Å². The maximum atomic E-state index is 13.0. The first kappa shape index (κ1) is 21.0. The molecule has 0 aromatic heterocycles. The van der Waals surface area contributed by atoms with E-state index in [-0.39, 0.29) is 11.8 Å². The standard InChI is InChI=1S/C22H28N2O2S/c1-5-20(22(26)23-4)24(14-18-8-6-7-17(3)13-18)21(25)15-27-19-11-9-16(2)10-12-19/h6-13,20H,5,14-15H2,1-4H3,(H,23,26)/t20-/m0/s1. The predicted octanol–water partition coefficient (Wildman–Crippen LogP) is 3.95. The topological polar surface area (TPSA) is 49.4 Å². The van der Waals surface area contributed by atoms with Gasteiger partial charge in [0.05, 0.1) is 5.75 Å². The SMILES string of the molecule is CC[C@@H](C(=O)NC)N(Cc1cccc(C)c1)C(=O)CSc1ccc(C)cc1. The number of hydrogen-bond donors (Lipinski definition) is 1. The Morgan fingerprint density at radius 2 is 1.78 bits per heavy atom. The van der Waals surface area contributed by atoms with Crippen LogP contribution >= 0.6 is 11.8 Å². The number of thioether (sulfide) groups is 1. The average molecular weight is 385 g/mol. The van der Waals surface area contributed by atoms with Crippen LogP contribution in [0, 0.1) is 13.8 Å². The Balaban J connectivity index is 2.17. The van der Waals surface area contributed by atoms with Gasteiger partial charge in [0.1, 0.15) is 6.04 Å². The number of hydrogen-bond acceptors (Lipinski definition) is 3. The van der Waals surface area contributed by atoms with Crippen LogP contribution in [0.3, 0.4) is 0 Å². The van der Waals surface area contributed by atoms with E-state index in [1.165, 1.54) is 17.3 Å². The first-order valence-electron chi connectivity index (χ1n) is 9.20. The van der Waals surface area contributed by atoms with Gasteiger partial charge in [0.2, 0.25) is 11.8 Å². The molecule has 1 atom stereocenters. The molecule has 2 aromatic rings. The van der Waals surface area contributed by atoms with Crippen molar-refractivity contribution < 1.29 is 9.59 Å². The van der Waals surface area contributed by atoms with Crippen LogP contribution in [0.1, 0.15) is 30.0 Å². The highest BCUT2D eigenvalue weighted by Gasteiger charge is 2.27. The minimum atomic E-state index is -0.471. The van der Waals surface area contributed by atoms with E-state index in [4.69, 9.17) is 0 Å². The third kappa shape index (κ3) is 6.14.